The Morgan fingerprint density at radius 3 is 2.57 bits per heavy atom. The predicted octanol–water partition coefficient (Wildman–Crippen LogP) is 3.07. The number of hydrogen-bond donors (Lipinski definition) is 2. The standard InChI is InChI=1S/C22H35N5O3/c1-22(2,26-12-4-3-5-13-26)17-25-21(24-16-20-7-6-14-30-20)23-15-18-8-10-19(11-9-18)27(28)29/h8-11,20H,3-7,12-17H2,1-2H3,(H2,23,24,25). The first-order valence-electron chi connectivity index (χ1n) is 11.1. The number of likely N-dealkylation sites (tertiary alicyclic amines) is 1. The van der Waals surface area contributed by atoms with Gasteiger partial charge in [-0.2, -0.15) is 0 Å². The van der Waals surface area contributed by atoms with Crippen LogP contribution in [0.5, 0.6) is 0 Å². The van der Waals surface area contributed by atoms with E-state index in [9.17, 15) is 10.1 Å². The Hall–Kier alpha value is -2.19. The molecule has 0 amide bonds. The summed E-state index contributed by atoms with van der Waals surface area (Å²) >= 11 is 0. The van der Waals surface area contributed by atoms with Crippen LogP contribution in [0.4, 0.5) is 5.69 Å². The number of ether oxygens (including phenoxy) is 1. The highest BCUT2D eigenvalue weighted by atomic mass is 16.6. The van der Waals surface area contributed by atoms with E-state index in [0.29, 0.717) is 6.54 Å². The number of nitro groups is 1. The van der Waals surface area contributed by atoms with Crippen molar-refractivity contribution >= 4 is 11.6 Å². The monoisotopic (exact) mass is 417 g/mol. The van der Waals surface area contributed by atoms with Gasteiger partial charge in [0.15, 0.2) is 5.96 Å². The van der Waals surface area contributed by atoms with Crippen LogP contribution < -0.4 is 10.6 Å². The number of rotatable bonds is 8. The second-order valence-electron chi connectivity index (χ2n) is 8.82. The molecule has 2 aliphatic heterocycles. The summed E-state index contributed by atoms with van der Waals surface area (Å²) in [5.74, 6) is 0.758. The van der Waals surface area contributed by atoms with E-state index in [0.717, 1.165) is 57.2 Å². The summed E-state index contributed by atoms with van der Waals surface area (Å²) in [5.41, 5.74) is 1.08. The third-order valence-electron chi connectivity index (χ3n) is 5.99. The van der Waals surface area contributed by atoms with Gasteiger partial charge in [-0.3, -0.25) is 15.0 Å². The smallest absolute Gasteiger partial charge is 0.269 e. The Bertz CT molecular complexity index is 708. The van der Waals surface area contributed by atoms with Gasteiger partial charge in [-0.1, -0.05) is 18.6 Å². The molecular formula is C22H35N5O3. The van der Waals surface area contributed by atoms with Gasteiger partial charge in [-0.25, -0.2) is 4.99 Å². The van der Waals surface area contributed by atoms with Gasteiger partial charge < -0.3 is 15.4 Å². The van der Waals surface area contributed by atoms with Gasteiger partial charge in [0.2, 0.25) is 0 Å². The number of benzene rings is 1. The lowest BCUT2D eigenvalue weighted by Crippen LogP contribution is -2.55. The summed E-state index contributed by atoms with van der Waals surface area (Å²) in [6, 6.07) is 6.57. The molecule has 2 N–H and O–H groups in total. The van der Waals surface area contributed by atoms with Crippen molar-refractivity contribution in [3.8, 4) is 0 Å². The largest absolute Gasteiger partial charge is 0.376 e. The number of nitrogens with zero attached hydrogens (tertiary/aromatic N) is 3. The first-order valence-corrected chi connectivity index (χ1v) is 11.1. The molecule has 2 fully saturated rings. The highest BCUT2D eigenvalue weighted by Crippen LogP contribution is 2.20. The minimum Gasteiger partial charge on any atom is -0.376 e. The van der Waals surface area contributed by atoms with E-state index in [1.165, 1.54) is 31.4 Å². The second kappa shape index (κ2) is 10.7. The van der Waals surface area contributed by atoms with Crippen molar-refractivity contribution in [2.75, 3.05) is 32.8 Å². The second-order valence-corrected chi connectivity index (χ2v) is 8.82. The molecule has 8 nitrogen and oxygen atoms in total. The summed E-state index contributed by atoms with van der Waals surface area (Å²) in [4.78, 5) is 17.7. The van der Waals surface area contributed by atoms with Gasteiger partial charge in [0.05, 0.1) is 17.6 Å². The summed E-state index contributed by atoms with van der Waals surface area (Å²) in [5, 5.41) is 17.8. The van der Waals surface area contributed by atoms with Crippen LogP contribution in [-0.2, 0) is 11.3 Å². The maximum Gasteiger partial charge on any atom is 0.269 e. The number of nitro benzene ring substituents is 1. The normalized spacial score (nSPS) is 20.9. The summed E-state index contributed by atoms with van der Waals surface area (Å²) in [6.07, 6.45) is 6.26. The molecule has 30 heavy (non-hydrogen) atoms. The van der Waals surface area contributed by atoms with Gasteiger partial charge in [-0.15, -0.1) is 0 Å². The molecule has 2 heterocycles. The molecule has 1 aromatic carbocycles. The van der Waals surface area contributed by atoms with Crippen LogP contribution >= 0.6 is 0 Å². The summed E-state index contributed by atoms with van der Waals surface area (Å²) < 4.78 is 5.72. The molecule has 3 rings (SSSR count). The van der Waals surface area contributed by atoms with E-state index in [2.05, 4.69) is 29.4 Å². The molecule has 0 aromatic heterocycles. The molecule has 0 aliphatic carbocycles. The van der Waals surface area contributed by atoms with E-state index in [1.54, 1.807) is 12.1 Å². The zero-order valence-corrected chi connectivity index (χ0v) is 18.2. The van der Waals surface area contributed by atoms with Gasteiger partial charge in [0.1, 0.15) is 0 Å². The van der Waals surface area contributed by atoms with Gasteiger partial charge in [0.25, 0.3) is 5.69 Å². The van der Waals surface area contributed by atoms with Crippen molar-refractivity contribution in [3.05, 3.63) is 39.9 Å². The molecule has 2 aliphatic rings. The highest BCUT2D eigenvalue weighted by molar-refractivity contribution is 5.79. The predicted molar refractivity (Wildman–Crippen MR) is 119 cm³/mol. The highest BCUT2D eigenvalue weighted by Gasteiger charge is 2.28. The Labute approximate surface area is 179 Å². The molecule has 166 valence electrons. The maximum absolute atomic E-state index is 10.8. The van der Waals surface area contributed by atoms with Crippen LogP contribution in [0.25, 0.3) is 0 Å². The average Bonchev–Trinajstić information content (AvgIpc) is 3.28. The summed E-state index contributed by atoms with van der Waals surface area (Å²) in [6.45, 7) is 9.67. The van der Waals surface area contributed by atoms with E-state index in [4.69, 9.17) is 9.73 Å². The van der Waals surface area contributed by atoms with Gasteiger partial charge in [-0.05, 0) is 58.2 Å². The molecule has 2 saturated heterocycles. The zero-order chi connectivity index (χ0) is 21.4. The van der Waals surface area contributed by atoms with E-state index < -0.39 is 0 Å². The van der Waals surface area contributed by atoms with E-state index >= 15 is 0 Å². The number of non-ortho nitro benzene ring substituents is 1. The number of hydrogen-bond acceptors (Lipinski definition) is 5. The van der Waals surface area contributed by atoms with Crippen molar-refractivity contribution in [3.63, 3.8) is 0 Å². The van der Waals surface area contributed by atoms with E-state index in [-0.39, 0.29) is 22.3 Å². The van der Waals surface area contributed by atoms with Crippen molar-refractivity contribution in [2.45, 2.75) is 64.1 Å². The van der Waals surface area contributed by atoms with Crippen molar-refractivity contribution in [2.24, 2.45) is 4.99 Å². The molecule has 0 spiro atoms. The third kappa shape index (κ3) is 6.67. The molecule has 0 bridgehead atoms. The fraction of sp³-hybridized carbons (Fsp3) is 0.682. The SMILES string of the molecule is CC(C)(CNC(=NCc1ccc([N+](=O)[O-])cc1)NCC1CCCO1)N1CCCCC1. The van der Waals surface area contributed by atoms with Crippen molar-refractivity contribution < 1.29 is 9.66 Å². The molecule has 1 unspecified atom stereocenters. The average molecular weight is 418 g/mol. The molecule has 0 saturated carbocycles. The first-order chi connectivity index (χ1) is 14.4. The van der Waals surface area contributed by atoms with Crippen LogP contribution in [0.1, 0.15) is 51.5 Å². The fourth-order valence-corrected chi connectivity index (χ4v) is 3.99. The lowest BCUT2D eigenvalue weighted by atomic mass is 9.98. The third-order valence-corrected chi connectivity index (χ3v) is 5.99. The van der Waals surface area contributed by atoms with Crippen LogP contribution in [0.2, 0.25) is 0 Å². The maximum atomic E-state index is 10.8. The van der Waals surface area contributed by atoms with Crippen LogP contribution in [0, 0.1) is 10.1 Å². The Balaban J connectivity index is 1.60. The summed E-state index contributed by atoms with van der Waals surface area (Å²) in [7, 11) is 0. The quantitative estimate of drug-likeness (QED) is 0.292. The molecule has 0 radical (unpaired) electrons. The zero-order valence-electron chi connectivity index (χ0n) is 18.2. The lowest BCUT2D eigenvalue weighted by Gasteiger charge is -2.41. The topological polar surface area (TPSA) is 92.0 Å². The minimum absolute atomic E-state index is 0.0418. The van der Waals surface area contributed by atoms with Gasteiger partial charge in [0, 0.05) is 37.4 Å². The Morgan fingerprint density at radius 2 is 1.93 bits per heavy atom. The number of piperidine rings is 1. The Kier molecular flexibility index (Phi) is 8.04. The van der Waals surface area contributed by atoms with E-state index in [1.807, 2.05) is 0 Å². The lowest BCUT2D eigenvalue weighted by molar-refractivity contribution is -0.384. The Morgan fingerprint density at radius 1 is 1.20 bits per heavy atom. The van der Waals surface area contributed by atoms with Crippen molar-refractivity contribution in [1.29, 1.82) is 0 Å². The van der Waals surface area contributed by atoms with Crippen LogP contribution in [0.15, 0.2) is 29.3 Å². The number of nitrogens with one attached hydrogen (secondary N) is 2. The molecular weight excluding hydrogens is 382 g/mol. The molecule has 8 heteroatoms. The van der Waals surface area contributed by atoms with Gasteiger partial charge >= 0.3 is 0 Å². The number of guanidine groups is 1. The van der Waals surface area contributed by atoms with Crippen LogP contribution in [-0.4, -0.2) is 60.2 Å². The minimum atomic E-state index is -0.383. The molecule has 1 atom stereocenters. The number of aliphatic imine (C=N–C) groups is 1. The first kappa shape index (κ1) is 22.5. The molecule has 1 aromatic rings. The van der Waals surface area contributed by atoms with Crippen LogP contribution in [0.3, 0.4) is 0 Å². The van der Waals surface area contributed by atoms with Crippen molar-refractivity contribution in [1.82, 2.24) is 15.5 Å². The fourth-order valence-electron chi connectivity index (χ4n) is 3.99.